The lowest BCUT2D eigenvalue weighted by Crippen LogP contribution is -2.35. The first-order valence-corrected chi connectivity index (χ1v) is 5.28. The number of hydrogen-bond donors (Lipinski definition) is 2. The van der Waals surface area contributed by atoms with Crippen LogP contribution in [0.3, 0.4) is 0 Å². The van der Waals surface area contributed by atoms with Gasteiger partial charge in [0.05, 0.1) is 4.92 Å². The van der Waals surface area contributed by atoms with E-state index in [2.05, 4.69) is 5.32 Å². The van der Waals surface area contributed by atoms with Crippen LogP contribution in [0.2, 0.25) is 0 Å². The smallest absolute Gasteiger partial charge is 0.274 e. The van der Waals surface area contributed by atoms with Crippen molar-refractivity contribution in [2.75, 3.05) is 19.0 Å². The molecule has 106 valence electrons. The molecule has 1 rings (SSSR count). The molecule has 3 N–H and O–H groups in total. The molecule has 0 saturated heterocycles. The molecule has 1 atom stereocenters. The summed E-state index contributed by atoms with van der Waals surface area (Å²) in [6.07, 6.45) is -0.773. The second kappa shape index (κ2) is 7.67. The number of carbonyl (C=O) groups excluding carboxylic acids is 1. The third-order valence-corrected chi connectivity index (χ3v) is 2.46. The lowest BCUT2D eigenvalue weighted by Gasteiger charge is -2.13. The Morgan fingerprint density at radius 3 is 2.68 bits per heavy atom. The molecule has 1 amide bonds. The van der Waals surface area contributed by atoms with Crippen LogP contribution in [0.4, 0.5) is 11.4 Å². The van der Waals surface area contributed by atoms with Crippen LogP contribution >= 0.6 is 12.4 Å². The highest BCUT2D eigenvalue weighted by Crippen LogP contribution is 2.22. The molecule has 1 aromatic carbocycles. The number of nitrogens with zero attached hydrogens (tertiary/aromatic N) is 1. The van der Waals surface area contributed by atoms with Gasteiger partial charge in [-0.25, -0.2) is 0 Å². The lowest BCUT2D eigenvalue weighted by molar-refractivity contribution is -0.385. The Kier molecular flexibility index (Phi) is 6.99. The number of methoxy groups -OCH3 is 1. The molecule has 7 nitrogen and oxygen atoms in total. The van der Waals surface area contributed by atoms with E-state index in [1.807, 2.05) is 0 Å². The average molecular weight is 290 g/mol. The number of rotatable bonds is 5. The van der Waals surface area contributed by atoms with Crippen molar-refractivity contribution in [2.24, 2.45) is 5.73 Å². The van der Waals surface area contributed by atoms with Crippen molar-refractivity contribution in [1.82, 2.24) is 0 Å². The van der Waals surface area contributed by atoms with E-state index in [9.17, 15) is 14.9 Å². The van der Waals surface area contributed by atoms with Gasteiger partial charge in [0.25, 0.3) is 11.6 Å². The van der Waals surface area contributed by atoms with Crippen LogP contribution in [0.5, 0.6) is 0 Å². The molecular weight excluding hydrogens is 274 g/mol. The number of nitrogens with two attached hydrogens (primary N) is 1. The Morgan fingerprint density at radius 1 is 1.58 bits per heavy atom. The minimum atomic E-state index is -0.773. The molecule has 0 heterocycles. The summed E-state index contributed by atoms with van der Waals surface area (Å²) < 4.78 is 4.86. The fourth-order valence-electron chi connectivity index (χ4n) is 1.42. The van der Waals surface area contributed by atoms with Gasteiger partial charge in [-0.2, -0.15) is 0 Å². The quantitative estimate of drug-likeness (QED) is 0.626. The lowest BCUT2D eigenvalue weighted by atomic mass is 10.2. The number of ether oxygens (including phenoxy) is 1. The molecule has 1 aromatic rings. The average Bonchev–Trinajstić information content (AvgIpc) is 2.32. The Bertz CT molecular complexity index is 463. The van der Waals surface area contributed by atoms with Gasteiger partial charge in [-0.1, -0.05) is 6.07 Å². The predicted molar refractivity (Wildman–Crippen MR) is 73.6 cm³/mol. The van der Waals surface area contributed by atoms with Crippen LogP contribution < -0.4 is 11.1 Å². The number of aryl methyl sites for hydroxylation is 1. The van der Waals surface area contributed by atoms with Crippen molar-refractivity contribution in [3.8, 4) is 0 Å². The minimum Gasteiger partial charge on any atom is -0.370 e. The summed E-state index contributed by atoms with van der Waals surface area (Å²) in [6.45, 7) is 1.66. The predicted octanol–water partition coefficient (Wildman–Crippen LogP) is 1.24. The Balaban J connectivity index is 0.00000324. The van der Waals surface area contributed by atoms with E-state index in [1.165, 1.54) is 13.2 Å². The van der Waals surface area contributed by atoms with E-state index in [0.717, 1.165) is 0 Å². The van der Waals surface area contributed by atoms with Gasteiger partial charge in [0, 0.05) is 31.0 Å². The van der Waals surface area contributed by atoms with Crippen LogP contribution in [0.1, 0.15) is 5.56 Å². The number of nitro groups is 1. The Hall–Kier alpha value is -1.70. The van der Waals surface area contributed by atoms with Gasteiger partial charge in [0.15, 0.2) is 0 Å². The molecule has 0 bridgehead atoms. The standard InChI is InChI=1S/C11H15N3O4.ClH/c1-7-3-4-8(5-9(7)14(16)17)13-11(15)10(6-12)18-2;/h3-5,10H,6,12H2,1-2H3,(H,13,15);1H. The van der Waals surface area contributed by atoms with Crippen molar-refractivity contribution in [3.05, 3.63) is 33.9 Å². The van der Waals surface area contributed by atoms with Gasteiger partial charge in [-0.15, -0.1) is 12.4 Å². The van der Waals surface area contributed by atoms with Gasteiger partial charge in [-0.05, 0) is 13.0 Å². The highest BCUT2D eigenvalue weighted by Gasteiger charge is 2.17. The first-order valence-electron chi connectivity index (χ1n) is 5.28. The number of anilines is 1. The largest absolute Gasteiger partial charge is 0.370 e. The molecule has 0 fully saturated rings. The summed E-state index contributed by atoms with van der Waals surface area (Å²) >= 11 is 0. The topological polar surface area (TPSA) is 107 Å². The molecule has 19 heavy (non-hydrogen) atoms. The summed E-state index contributed by atoms with van der Waals surface area (Å²) in [7, 11) is 1.37. The van der Waals surface area contributed by atoms with Gasteiger partial charge < -0.3 is 15.8 Å². The van der Waals surface area contributed by atoms with Crippen LogP contribution in [0.15, 0.2) is 18.2 Å². The van der Waals surface area contributed by atoms with E-state index in [1.54, 1.807) is 19.1 Å². The summed E-state index contributed by atoms with van der Waals surface area (Å²) in [4.78, 5) is 21.9. The maximum absolute atomic E-state index is 11.7. The van der Waals surface area contributed by atoms with Gasteiger partial charge in [-0.3, -0.25) is 14.9 Å². The van der Waals surface area contributed by atoms with E-state index >= 15 is 0 Å². The first kappa shape index (κ1) is 17.3. The summed E-state index contributed by atoms with van der Waals surface area (Å²) in [5.74, 6) is -0.432. The molecule has 0 radical (unpaired) electrons. The third-order valence-electron chi connectivity index (χ3n) is 2.46. The number of carbonyl (C=O) groups is 1. The van der Waals surface area contributed by atoms with Crippen molar-refractivity contribution >= 4 is 29.7 Å². The first-order chi connectivity index (χ1) is 8.49. The highest BCUT2D eigenvalue weighted by molar-refractivity contribution is 5.94. The summed E-state index contributed by atoms with van der Waals surface area (Å²) in [5.41, 5.74) is 6.17. The number of nitro benzene ring substituents is 1. The van der Waals surface area contributed by atoms with Gasteiger partial charge in [0.1, 0.15) is 6.10 Å². The maximum atomic E-state index is 11.7. The number of hydrogen-bond acceptors (Lipinski definition) is 5. The number of amides is 1. The number of benzene rings is 1. The SMILES string of the molecule is COC(CN)C(=O)Nc1ccc(C)c([N+](=O)[O-])c1.Cl. The van der Waals surface area contributed by atoms with Gasteiger partial charge >= 0.3 is 0 Å². The normalized spacial score (nSPS) is 11.3. The van der Waals surface area contributed by atoms with Crippen LogP contribution in [-0.4, -0.2) is 30.6 Å². The molecule has 0 spiro atoms. The zero-order valence-electron chi connectivity index (χ0n) is 10.6. The van der Waals surface area contributed by atoms with Crippen LogP contribution in [-0.2, 0) is 9.53 Å². The zero-order valence-corrected chi connectivity index (χ0v) is 11.4. The van der Waals surface area contributed by atoms with Crippen molar-refractivity contribution in [3.63, 3.8) is 0 Å². The molecule has 0 aliphatic carbocycles. The second-order valence-corrected chi connectivity index (χ2v) is 3.71. The molecular formula is C11H16ClN3O4. The maximum Gasteiger partial charge on any atom is 0.274 e. The highest BCUT2D eigenvalue weighted by atomic mass is 35.5. The molecule has 8 heteroatoms. The summed E-state index contributed by atoms with van der Waals surface area (Å²) in [5, 5.41) is 13.3. The van der Waals surface area contributed by atoms with Crippen molar-refractivity contribution in [1.29, 1.82) is 0 Å². The fraction of sp³-hybridized carbons (Fsp3) is 0.364. The third kappa shape index (κ3) is 4.47. The van der Waals surface area contributed by atoms with Crippen molar-refractivity contribution in [2.45, 2.75) is 13.0 Å². The number of halogens is 1. The minimum absolute atomic E-state index is 0. The molecule has 0 aromatic heterocycles. The van der Waals surface area contributed by atoms with E-state index in [4.69, 9.17) is 10.5 Å². The molecule has 0 aliphatic rings. The van der Waals surface area contributed by atoms with E-state index in [0.29, 0.717) is 11.3 Å². The van der Waals surface area contributed by atoms with Gasteiger partial charge in [0.2, 0.25) is 0 Å². The van der Waals surface area contributed by atoms with E-state index < -0.39 is 16.9 Å². The Labute approximate surface area is 116 Å². The zero-order chi connectivity index (χ0) is 13.7. The Morgan fingerprint density at radius 2 is 2.21 bits per heavy atom. The van der Waals surface area contributed by atoms with Crippen molar-refractivity contribution < 1.29 is 14.5 Å². The summed E-state index contributed by atoms with van der Waals surface area (Å²) in [6, 6.07) is 4.46. The molecule has 1 unspecified atom stereocenters. The number of nitrogens with one attached hydrogen (secondary N) is 1. The fourth-order valence-corrected chi connectivity index (χ4v) is 1.42. The van der Waals surface area contributed by atoms with Crippen LogP contribution in [0, 0.1) is 17.0 Å². The molecule has 0 saturated carbocycles. The molecule has 0 aliphatic heterocycles. The monoisotopic (exact) mass is 289 g/mol. The van der Waals surface area contributed by atoms with E-state index in [-0.39, 0.29) is 24.6 Å². The second-order valence-electron chi connectivity index (χ2n) is 3.71. The van der Waals surface area contributed by atoms with Crippen LogP contribution in [0.25, 0.3) is 0 Å².